The molecular formula is C24H32N2O6S. The highest BCUT2D eigenvalue weighted by molar-refractivity contribution is 7.92. The van der Waals surface area contributed by atoms with Crippen molar-refractivity contribution in [1.29, 1.82) is 0 Å². The fraction of sp³-hybridized carbons (Fsp3) is 0.458. The van der Waals surface area contributed by atoms with Gasteiger partial charge >= 0.3 is 0 Å². The van der Waals surface area contributed by atoms with E-state index in [1.807, 2.05) is 32.0 Å². The van der Waals surface area contributed by atoms with Crippen molar-refractivity contribution in [2.24, 2.45) is 0 Å². The van der Waals surface area contributed by atoms with Crippen LogP contribution in [0, 0.1) is 0 Å². The van der Waals surface area contributed by atoms with Gasteiger partial charge in [0, 0.05) is 31.0 Å². The molecule has 0 saturated heterocycles. The molecule has 1 aliphatic heterocycles. The Balaban J connectivity index is 1.64. The maximum Gasteiger partial charge on any atom is 0.232 e. The van der Waals surface area contributed by atoms with E-state index in [9.17, 15) is 13.2 Å². The van der Waals surface area contributed by atoms with Crippen molar-refractivity contribution in [2.75, 3.05) is 31.3 Å². The highest BCUT2D eigenvalue weighted by atomic mass is 32.2. The van der Waals surface area contributed by atoms with Gasteiger partial charge in [0.2, 0.25) is 15.9 Å². The molecule has 1 aliphatic rings. The summed E-state index contributed by atoms with van der Waals surface area (Å²) in [6.07, 6.45) is 2.37. The minimum Gasteiger partial charge on any atom is -0.497 e. The van der Waals surface area contributed by atoms with Crippen LogP contribution in [0.3, 0.4) is 0 Å². The number of nitrogens with one attached hydrogen (secondary N) is 1. The Morgan fingerprint density at radius 1 is 1.12 bits per heavy atom. The highest BCUT2D eigenvalue weighted by Crippen LogP contribution is 2.41. The lowest BCUT2D eigenvalue weighted by molar-refractivity contribution is -0.122. The molecule has 3 rings (SSSR count). The van der Waals surface area contributed by atoms with Crippen molar-refractivity contribution in [3.63, 3.8) is 0 Å². The van der Waals surface area contributed by atoms with Crippen LogP contribution < -0.4 is 23.8 Å². The predicted octanol–water partition coefficient (Wildman–Crippen LogP) is 3.67. The lowest BCUT2D eigenvalue weighted by Crippen LogP contribution is -2.41. The number of hydrogen-bond acceptors (Lipinski definition) is 6. The Morgan fingerprint density at radius 3 is 2.36 bits per heavy atom. The summed E-state index contributed by atoms with van der Waals surface area (Å²) in [4.78, 5) is 12.7. The summed E-state index contributed by atoms with van der Waals surface area (Å²) in [5.74, 6) is 1.89. The lowest BCUT2D eigenvalue weighted by Gasteiger charge is -2.38. The van der Waals surface area contributed by atoms with Crippen LogP contribution in [0.5, 0.6) is 17.2 Å². The quantitative estimate of drug-likeness (QED) is 0.594. The first-order chi connectivity index (χ1) is 15.5. The number of anilines is 1. The molecule has 0 saturated carbocycles. The van der Waals surface area contributed by atoms with Gasteiger partial charge in [-0.25, -0.2) is 8.42 Å². The van der Waals surface area contributed by atoms with Gasteiger partial charge in [0.1, 0.15) is 22.8 Å². The van der Waals surface area contributed by atoms with Gasteiger partial charge in [-0.1, -0.05) is 0 Å². The Labute approximate surface area is 195 Å². The molecule has 1 amide bonds. The van der Waals surface area contributed by atoms with Gasteiger partial charge in [0.25, 0.3) is 0 Å². The average molecular weight is 477 g/mol. The van der Waals surface area contributed by atoms with Gasteiger partial charge in [0.05, 0.1) is 32.2 Å². The minimum atomic E-state index is -3.49. The first-order valence-corrected chi connectivity index (χ1v) is 12.7. The molecule has 0 aliphatic carbocycles. The van der Waals surface area contributed by atoms with Gasteiger partial charge < -0.3 is 19.5 Å². The van der Waals surface area contributed by atoms with Crippen LogP contribution in [0.15, 0.2) is 42.5 Å². The number of hydrogen-bond donors (Lipinski definition) is 1. The van der Waals surface area contributed by atoms with Crippen molar-refractivity contribution in [3.8, 4) is 17.2 Å². The summed E-state index contributed by atoms with van der Waals surface area (Å²) in [5.41, 5.74) is 0.992. The van der Waals surface area contributed by atoms with Crippen LogP contribution in [0.4, 0.5) is 5.69 Å². The summed E-state index contributed by atoms with van der Waals surface area (Å²) in [7, 11) is -0.342. The SMILES string of the molecule is COc1ccc(N(CCCC(=O)NC2CC(C)(C)Oc3cc(OC)ccc32)S(C)(=O)=O)cc1. The molecule has 0 fully saturated rings. The monoisotopic (exact) mass is 476 g/mol. The van der Waals surface area contributed by atoms with Crippen molar-refractivity contribution in [1.82, 2.24) is 5.32 Å². The molecule has 9 heteroatoms. The summed E-state index contributed by atoms with van der Waals surface area (Å²) < 4.78 is 42.4. The molecule has 1 N–H and O–H groups in total. The maximum atomic E-state index is 12.7. The van der Waals surface area contributed by atoms with Gasteiger partial charge in [-0.3, -0.25) is 9.10 Å². The fourth-order valence-corrected chi connectivity index (χ4v) is 4.94. The van der Waals surface area contributed by atoms with Gasteiger partial charge in [-0.05, 0) is 56.7 Å². The number of rotatable bonds is 9. The third kappa shape index (κ3) is 6.31. The van der Waals surface area contributed by atoms with E-state index >= 15 is 0 Å². The zero-order valence-electron chi connectivity index (χ0n) is 19.8. The van der Waals surface area contributed by atoms with E-state index in [0.29, 0.717) is 35.8 Å². The van der Waals surface area contributed by atoms with Crippen LogP contribution in [0.2, 0.25) is 0 Å². The number of ether oxygens (including phenoxy) is 3. The number of carbonyl (C=O) groups is 1. The first kappa shape index (κ1) is 24.7. The third-order valence-corrected chi connectivity index (χ3v) is 6.73. The van der Waals surface area contributed by atoms with Crippen LogP contribution in [0.1, 0.15) is 44.7 Å². The standard InChI is InChI=1S/C24H32N2O6S/c1-24(2)16-21(20-13-12-19(31-4)15-22(20)32-24)25-23(27)7-6-14-26(33(5,28)29)17-8-10-18(30-3)11-9-17/h8-13,15,21H,6-7,14,16H2,1-5H3,(H,25,27). The maximum absolute atomic E-state index is 12.7. The number of nitrogens with zero attached hydrogens (tertiary/aromatic N) is 1. The van der Waals surface area contributed by atoms with Crippen molar-refractivity contribution >= 4 is 21.6 Å². The number of fused-ring (bicyclic) bond motifs is 1. The van der Waals surface area contributed by atoms with Crippen LogP contribution >= 0.6 is 0 Å². The molecule has 0 spiro atoms. The van der Waals surface area contributed by atoms with Gasteiger partial charge in [-0.2, -0.15) is 0 Å². The van der Waals surface area contributed by atoms with E-state index in [4.69, 9.17) is 14.2 Å². The minimum absolute atomic E-state index is 0.136. The van der Waals surface area contributed by atoms with Crippen LogP contribution in [-0.4, -0.2) is 46.9 Å². The molecular weight excluding hydrogens is 444 g/mol. The molecule has 2 aromatic carbocycles. The highest BCUT2D eigenvalue weighted by Gasteiger charge is 2.34. The Bertz CT molecular complexity index is 1080. The third-order valence-electron chi connectivity index (χ3n) is 5.54. The summed E-state index contributed by atoms with van der Waals surface area (Å²) in [5, 5.41) is 3.09. The molecule has 8 nitrogen and oxygen atoms in total. The second-order valence-corrected chi connectivity index (χ2v) is 10.6. The van der Waals surface area contributed by atoms with Crippen molar-refractivity contribution in [3.05, 3.63) is 48.0 Å². The number of benzene rings is 2. The van der Waals surface area contributed by atoms with Gasteiger partial charge in [-0.15, -0.1) is 0 Å². The molecule has 0 bridgehead atoms. The molecule has 33 heavy (non-hydrogen) atoms. The Morgan fingerprint density at radius 2 is 1.76 bits per heavy atom. The van der Waals surface area contributed by atoms with E-state index in [1.165, 1.54) is 4.31 Å². The molecule has 1 heterocycles. The Kier molecular flexibility index (Phi) is 7.41. The first-order valence-electron chi connectivity index (χ1n) is 10.8. The summed E-state index contributed by atoms with van der Waals surface area (Å²) in [6.45, 7) is 4.16. The zero-order chi connectivity index (χ0) is 24.2. The largest absolute Gasteiger partial charge is 0.497 e. The number of methoxy groups -OCH3 is 2. The number of sulfonamides is 1. The normalized spacial score (nSPS) is 16.8. The van der Waals surface area contributed by atoms with E-state index in [2.05, 4.69) is 5.32 Å². The number of carbonyl (C=O) groups excluding carboxylic acids is 1. The molecule has 0 aromatic heterocycles. The summed E-state index contributed by atoms with van der Waals surface area (Å²) >= 11 is 0. The molecule has 180 valence electrons. The van der Waals surface area contributed by atoms with E-state index in [1.54, 1.807) is 38.5 Å². The topological polar surface area (TPSA) is 94.2 Å². The predicted molar refractivity (Wildman–Crippen MR) is 128 cm³/mol. The zero-order valence-corrected chi connectivity index (χ0v) is 20.6. The molecule has 1 atom stereocenters. The Hall–Kier alpha value is -2.94. The summed E-state index contributed by atoms with van der Waals surface area (Å²) in [6, 6.07) is 12.2. The van der Waals surface area contributed by atoms with Crippen molar-refractivity contribution in [2.45, 2.75) is 44.8 Å². The van der Waals surface area contributed by atoms with Gasteiger partial charge in [0.15, 0.2) is 0 Å². The molecule has 0 radical (unpaired) electrons. The fourth-order valence-electron chi connectivity index (χ4n) is 3.97. The van der Waals surface area contributed by atoms with E-state index in [0.717, 1.165) is 11.8 Å². The lowest BCUT2D eigenvalue weighted by atomic mass is 9.89. The van der Waals surface area contributed by atoms with Crippen molar-refractivity contribution < 1.29 is 27.4 Å². The average Bonchev–Trinajstić information content (AvgIpc) is 2.74. The van der Waals surface area contributed by atoms with Crippen LogP contribution in [0.25, 0.3) is 0 Å². The smallest absolute Gasteiger partial charge is 0.232 e. The second kappa shape index (κ2) is 9.91. The second-order valence-electron chi connectivity index (χ2n) is 8.73. The molecule has 2 aromatic rings. The van der Waals surface area contributed by atoms with E-state index < -0.39 is 15.6 Å². The molecule has 1 unspecified atom stereocenters. The number of amides is 1. The van der Waals surface area contributed by atoms with E-state index in [-0.39, 0.29) is 24.9 Å². The van der Waals surface area contributed by atoms with Crippen LogP contribution in [-0.2, 0) is 14.8 Å².